The Hall–Kier alpha value is -1.62. The van der Waals surface area contributed by atoms with Crippen LogP contribution < -0.4 is 5.73 Å². The van der Waals surface area contributed by atoms with Crippen LogP contribution in [0.15, 0.2) is 24.7 Å². The van der Waals surface area contributed by atoms with Gasteiger partial charge in [0, 0.05) is 39.1 Å². The largest absolute Gasteiger partial charge is 0.338 e. The molecule has 0 aliphatic heterocycles. The molecular weight excluding hydrogens is 190 g/mol. The highest BCUT2D eigenvalue weighted by Gasteiger charge is 2.12. The maximum Gasteiger partial charge on any atom is 0.110 e. The fourth-order valence-electron chi connectivity index (χ4n) is 1.64. The summed E-state index contributed by atoms with van der Waals surface area (Å²) in [4.78, 5) is 4.25. The van der Waals surface area contributed by atoms with E-state index in [0.717, 1.165) is 17.9 Å². The van der Waals surface area contributed by atoms with E-state index in [-0.39, 0.29) is 6.04 Å². The molecule has 0 radical (unpaired) electrons. The van der Waals surface area contributed by atoms with Crippen molar-refractivity contribution in [1.29, 1.82) is 0 Å². The Morgan fingerprint density at radius 2 is 2.20 bits per heavy atom. The van der Waals surface area contributed by atoms with Crippen LogP contribution in [0.5, 0.6) is 0 Å². The summed E-state index contributed by atoms with van der Waals surface area (Å²) in [5.41, 5.74) is 7.11. The topological polar surface area (TPSA) is 61.7 Å². The highest BCUT2D eigenvalue weighted by molar-refractivity contribution is 5.09. The first-order valence-corrected chi connectivity index (χ1v) is 4.88. The molecular formula is C10H15N5. The molecule has 5 heteroatoms. The van der Waals surface area contributed by atoms with Crippen LogP contribution in [0, 0.1) is 0 Å². The van der Waals surface area contributed by atoms with Crippen molar-refractivity contribution in [2.45, 2.75) is 12.5 Å². The van der Waals surface area contributed by atoms with Gasteiger partial charge in [-0.05, 0) is 6.07 Å². The van der Waals surface area contributed by atoms with Crippen molar-refractivity contribution >= 4 is 0 Å². The highest BCUT2D eigenvalue weighted by Crippen LogP contribution is 2.13. The van der Waals surface area contributed by atoms with Crippen molar-refractivity contribution in [3.8, 4) is 0 Å². The Kier molecular flexibility index (Phi) is 2.55. The highest BCUT2D eigenvalue weighted by atomic mass is 15.3. The van der Waals surface area contributed by atoms with Crippen LogP contribution in [-0.4, -0.2) is 19.3 Å². The number of rotatable bonds is 3. The van der Waals surface area contributed by atoms with Crippen LogP contribution >= 0.6 is 0 Å². The van der Waals surface area contributed by atoms with Crippen LogP contribution in [0.1, 0.15) is 17.6 Å². The third kappa shape index (κ3) is 1.92. The molecule has 15 heavy (non-hydrogen) atoms. The van der Waals surface area contributed by atoms with Gasteiger partial charge in [0.25, 0.3) is 0 Å². The van der Waals surface area contributed by atoms with Crippen LogP contribution in [0.4, 0.5) is 0 Å². The zero-order valence-corrected chi connectivity index (χ0v) is 8.96. The van der Waals surface area contributed by atoms with Crippen molar-refractivity contribution in [1.82, 2.24) is 19.3 Å². The summed E-state index contributed by atoms with van der Waals surface area (Å²) in [6.45, 7) is 0. The van der Waals surface area contributed by atoms with Crippen LogP contribution in [0.3, 0.4) is 0 Å². The van der Waals surface area contributed by atoms with Crippen molar-refractivity contribution < 1.29 is 0 Å². The van der Waals surface area contributed by atoms with Crippen LogP contribution in [0.25, 0.3) is 0 Å². The number of nitrogens with zero attached hydrogens (tertiary/aromatic N) is 4. The summed E-state index contributed by atoms with van der Waals surface area (Å²) in [6.07, 6.45) is 6.19. The van der Waals surface area contributed by atoms with Crippen molar-refractivity contribution in [2.75, 3.05) is 0 Å². The SMILES string of the molecule is Cn1ccnc1CC(N)c1ccnn1C. The molecule has 0 fully saturated rings. The third-order valence-corrected chi connectivity index (χ3v) is 2.56. The molecule has 2 aromatic rings. The first-order chi connectivity index (χ1) is 7.18. The summed E-state index contributed by atoms with van der Waals surface area (Å²) >= 11 is 0. The van der Waals surface area contributed by atoms with E-state index in [1.807, 2.05) is 30.9 Å². The van der Waals surface area contributed by atoms with E-state index in [1.165, 1.54) is 0 Å². The smallest absolute Gasteiger partial charge is 0.110 e. The van der Waals surface area contributed by atoms with Crippen molar-refractivity contribution in [3.63, 3.8) is 0 Å². The first-order valence-electron chi connectivity index (χ1n) is 4.88. The lowest BCUT2D eigenvalue weighted by molar-refractivity contribution is 0.592. The molecule has 0 aliphatic rings. The number of hydrogen-bond acceptors (Lipinski definition) is 3. The summed E-state index contributed by atoms with van der Waals surface area (Å²) in [5, 5.41) is 4.10. The number of nitrogens with two attached hydrogens (primary N) is 1. The second-order valence-electron chi connectivity index (χ2n) is 3.64. The van der Waals surface area contributed by atoms with Gasteiger partial charge >= 0.3 is 0 Å². The second-order valence-corrected chi connectivity index (χ2v) is 3.64. The predicted molar refractivity (Wildman–Crippen MR) is 57.0 cm³/mol. The molecule has 1 atom stereocenters. The quantitative estimate of drug-likeness (QED) is 0.788. The van der Waals surface area contributed by atoms with E-state index in [4.69, 9.17) is 5.73 Å². The van der Waals surface area contributed by atoms with Gasteiger partial charge in [-0.2, -0.15) is 5.10 Å². The molecule has 5 nitrogen and oxygen atoms in total. The molecule has 0 bridgehead atoms. The van der Waals surface area contributed by atoms with Gasteiger partial charge in [-0.25, -0.2) is 4.98 Å². The summed E-state index contributed by atoms with van der Waals surface area (Å²) in [5.74, 6) is 0.990. The molecule has 2 heterocycles. The van der Waals surface area contributed by atoms with E-state index < -0.39 is 0 Å². The summed E-state index contributed by atoms with van der Waals surface area (Å²) < 4.78 is 3.78. The Morgan fingerprint density at radius 1 is 1.40 bits per heavy atom. The lowest BCUT2D eigenvalue weighted by Crippen LogP contribution is -2.18. The fraction of sp³-hybridized carbons (Fsp3) is 0.400. The molecule has 0 spiro atoms. The van der Waals surface area contributed by atoms with E-state index in [9.17, 15) is 0 Å². The molecule has 0 amide bonds. The molecule has 0 aliphatic carbocycles. The van der Waals surface area contributed by atoms with Crippen LogP contribution in [-0.2, 0) is 20.5 Å². The van der Waals surface area contributed by atoms with Gasteiger partial charge in [-0.1, -0.05) is 0 Å². The lowest BCUT2D eigenvalue weighted by Gasteiger charge is -2.11. The number of aryl methyl sites for hydroxylation is 2. The predicted octanol–water partition coefficient (Wildman–Crippen LogP) is 0.396. The van der Waals surface area contributed by atoms with Gasteiger partial charge in [-0.15, -0.1) is 0 Å². The molecule has 0 saturated heterocycles. The molecule has 1 unspecified atom stereocenters. The molecule has 80 valence electrons. The Bertz CT molecular complexity index is 442. The molecule has 2 aromatic heterocycles. The van der Waals surface area contributed by atoms with E-state index in [1.54, 1.807) is 17.1 Å². The minimum absolute atomic E-state index is 0.0569. The Labute approximate surface area is 88.5 Å². The Balaban J connectivity index is 2.14. The van der Waals surface area contributed by atoms with Gasteiger partial charge in [0.15, 0.2) is 0 Å². The molecule has 0 aromatic carbocycles. The average Bonchev–Trinajstić information content (AvgIpc) is 2.76. The van der Waals surface area contributed by atoms with Gasteiger partial charge in [0.05, 0.1) is 11.7 Å². The van der Waals surface area contributed by atoms with Gasteiger partial charge in [0.2, 0.25) is 0 Å². The normalized spacial score (nSPS) is 13.0. The lowest BCUT2D eigenvalue weighted by atomic mass is 10.1. The maximum atomic E-state index is 6.09. The second kappa shape index (κ2) is 3.86. The van der Waals surface area contributed by atoms with Crippen molar-refractivity contribution in [2.24, 2.45) is 19.8 Å². The maximum absolute atomic E-state index is 6.09. The zero-order chi connectivity index (χ0) is 10.8. The molecule has 0 saturated carbocycles. The number of aromatic nitrogens is 4. The first kappa shape index (κ1) is 9.92. The van der Waals surface area contributed by atoms with E-state index in [0.29, 0.717) is 0 Å². The van der Waals surface area contributed by atoms with E-state index in [2.05, 4.69) is 10.1 Å². The standard InChI is InChI=1S/C10H15N5/c1-14-6-5-12-10(14)7-8(11)9-3-4-13-15(9)2/h3-6,8H,7,11H2,1-2H3. The monoisotopic (exact) mass is 205 g/mol. The molecule has 2 rings (SSSR count). The average molecular weight is 205 g/mol. The van der Waals surface area contributed by atoms with Gasteiger partial charge < -0.3 is 10.3 Å². The fourth-order valence-corrected chi connectivity index (χ4v) is 1.64. The number of imidazole rings is 1. The van der Waals surface area contributed by atoms with E-state index >= 15 is 0 Å². The molecule has 2 N–H and O–H groups in total. The van der Waals surface area contributed by atoms with Crippen LogP contribution in [0.2, 0.25) is 0 Å². The number of hydrogen-bond donors (Lipinski definition) is 1. The van der Waals surface area contributed by atoms with Gasteiger partial charge in [-0.3, -0.25) is 4.68 Å². The third-order valence-electron chi connectivity index (χ3n) is 2.56. The minimum atomic E-state index is -0.0569. The Morgan fingerprint density at radius 3 is 2.73 bits per heavy atom. The summed E-state index contributed by atoms with van der Waals surface area (Å²) in [7, 11) is 3.87. The summed E-state index contributed by atoms with van der Waals surface area (Å²) in [6, 6.07) is 1.88. The van der Waals surface area contributed by atoms with Crippen molar-refractivity contribution in [3.05, 3.63) is 36.2 Å². The zero-order valence-electron chi connectivity index (χ0n) is 8.96. The minimum Gasteiger partial charge on any atom is -0.338 e. The van der Waals surface area contributed by atoms with Gasteiger partial charge in [0.1, 0.15) is 5.82 Å².